The third-order valence-corrected chi connectivity index (χ3v) is 5.78. The van der Waals surface area contributed by atoms with Gasteiger partial charge in [0.05, 0.1) is 5.56 Å². The molecule has 2 saturated heterocycles. The van der Waals surface area contributed by atoms with E-state index in [1.54, 1.807) is 23.1 Å². The number of hydrogen-bond acceptors (Lipinski definition) is 2. The molecule has 2 aliphatic rings. The number of carbonyl (C=O) groups is 2. The van der Waals surface area contributed by atoms with Gasteiger partial charge in [0.2, 0.25) is 5.91 Å². The summed E-state index contributed by atoms with van der Waals surface area (Å²) in [7, 11) is 0. The molecule has 26 heavy (non-hydrogen) atoms. The lowest BCUT2D eigenvalue weighted by Crippen LogP contribution is -2.55. The quantitative estimate of drug-likeness (QED) is 0.821. The molecule has 0 N–H and O–H groups in total. The number of halogens is 1. The average Bonchev–Trinajstić information content (AvgIpc) is 2.63. The number of rotatable bonds is 4. The van der Waals surface area contributed by atoms with Crippen molar-refractivity contribution in [2.45, 2.75) is 46.0 Å². The van der Waals surface area contributed by atoms with Crippen LogP contribution in [0, 0.1) is 17.2 Å². The van der Waals surface area contributed by atoms with E-state index in [0.717, 1.165) is 38.8 Å². The van der Waals surface area contributed by atoms with E-state index in [1.807, 2.05) is 4.90 Å². The lowest BCUT2D eigenvalue weighted by molar-refractivity contribution is -0.139. The first kappa shape index (κ1) is 18.9. The third kappa shape index (κ3) is 4.08. The average molecular weight is 360 g/mol. The van der Waals surface area contributed by atoms with Crippen LogP contribution in [0.25, 0.3) is 0 Å². The first-order valence-electron chi connectivity index (χ1n) is 9.72. The van der Waals surface area contributed by atoms with Crippen molar-refractivity contribution in [3.05, 3.63) is 35.6 Å². The molecule has 0 aromatic heterocycles. The Morgan fingerprint density at radius 1 is 1.23 bits per heavy atom. The van der Waals surface area contributed by atoms with Gasteiger partial charge in [-0.05, 0) is 43.7 Å². The summed E-state index contributed by atoms with van der Waals surface area (Å²) in [6, 6.07) is 6.18. The van der Waals surface area contributed by atoms with Crippen LogP contribution in [0.3, 0.4) is 0 Å². The molecule has 2 amide bonds. The number of hydrogen-bond donors (Lipinski definition) is 0. The van der Waals surface area contributed by atoms with Crippen LogP contribution in [0.15, 0.2) is 24.3 Å². The topological polar surface area (TPSA) is 40.6 Å². The molecule has 1 atom stereocenters. The highest BCUT2D eigenvalue weighted by Crippen LogP contribution is 2.39. The molecule has 2 fully saturated rings. The number of carbonyl (C=O) groups excluding carboxylic acids is 2. The summed E-state index contributed by atoms with van der Waals surface area (Å²) in [5.41, 5.74) is 0.109. The van der Waals surface area contributed by atoms with Crippen molar-refractivity contribution in [3.8, 4) is 0 Å². The standard InChI is InChI=1S/C21H29FN2O2/c1-16(2)9-13-23-14-21(11-8-19(23)25)10-5-12-24(15-21)20(26)17-6-3-4-7-18(17)22/h3-4,6-7,16H,5,8-15H2,1-2H3. The molecule has 4 nitrogen and oxygen atoms in total. The van der Waals surface area contributed by atoms with Gasteiger partial charge in [0, 0.05) is 38.0 Å². The van der Waals surface area contributed by atoms with Crippen LogP contribution in [-0.2, 0) is 4.79 Å². The van der Waals surface area contributed by atoms with Crippen molar-refractivity contribution < 1.29 is 14.0 Å². The van der Waals surface area contributed by atoms with E-state index in [2.05, 4.69) is 13.8 Å². The summed E-state index contributed by atoms with van der Waals surface area (Å²) in [5, 5.41) is 0. The second kappa shape index (κ2) is 7.77. The summed E-state index contributed by atoms with van der Waals surface area (Å²) < 4.78 is 14.0. The van der Waals surface area contributed by atoms with Crippen molar-refractivity contribution in [3.63, 3.8) is 0 Å². The molecule has 0 radical (unpaired) electrons. The molecule has 1 unspecified atom stereocenters. The fourth-order valence-electron chi connectivity index (χ4n) is 4.24. The Hall–Kier alpha value is -1.91. The van der Waals surface area contributed by atoms with Crippen molar-refractivity contribution in [1.82, 2.24) is 9.80 Å². The summed E-state index contributed by atoms with van der Waals surface area (Å²) in [6.45, 7) is 7.12. The van der Waals surface area contributed by atoms with Gasteiger partial charge in [-0.2, -0.15) is 0 Å². The maximum atomic E-state index is 14.0. The highest BCUT2D eigenvalue weighted by atomic mass is 19.1. The first-order valence-corrected chi connectivity index (χ1v) is 9.72. The van der Waals surface area contributed by atoms with Crippen LogP contribution >= 0.6 is 0 Å². The molecular formula is C21H29FN2O2. The van der Waals surface area contributed by atoms with Gasteiger partial charge in [0.1, 0.15) is 5.82 Å². The zero-order valence-electron chi connectivity index (χ0n) is 15.8. The van der Waals surface area contributed by atoms with E-state index < -0.39 is 5.82 Å². The van der Waals surface area contributed by atoms with Gasteiger partial charge in [-0.1, -0.05) is 26.0 Å². The van der Waals surface area contributed by atoms with Gasteiger partial charge in [0.25, 0.3) is 5.91 Å². The Bertz CT molecular complexity index is 676. The Morgan fingerprint density at radius 3 is 2.73 bits per heavy atom. The van der Waals surface area contributed by atoms with E-state index in [4.69, 9.17) is 0 Å². The van der Waals surface area contributed by atoms with Crippen molar-refractivity contribution >= 4 is 11.8 Å². The molecule has 0 aliphatic carbocycles. The molecule has 1 aromatic carbocycles. The minimum Gasteiger partial charge on any atom is -0.342 e. The van der Waals surface area contributed by atoms with Gasteiger partial charge in [-0.15, -0.1) is 0 Å². The molecule has 142 valence electrons. The number of likely N-dealkylation sites (tertiary alicyclic amines) is 2. The van der Waals surface area contributed by atoms with Crippen molar-refractivity contribution in [2.24, 2.45) is 11.3 Å². The Balaban J connectivity index is 1.71. The molecule has 1 spiro atoms. The fourth-order valence-corrected chi connectivity index (χ4v) is 4.24. The van der Waals surface area contributed by atoms with Gasteiger partial charge >= 0.3 is 0 Å². The van der Waals surface area contributed by atoms with Gasteiger partial charge < -0.3 is 9.80 Å². The van der Waals surface area contributed by atoms with E-state index in [9.17, 15) is 14.0 Å². The predicted octanol–water partition coefficient (Wildman–Crippen LogP) is 3.72. The van der Waals surface area contributed by atoms with Crippen LogP contribution in [0.4, 0.5) is 4.39 Å². The van der Waals surface area contributed by atoms with E-state index in [-0.39, 0.29) is 22.8 Å². The number of piperidine rings is 2. The second-order valence-electron chi connectivity index (χ2n) is 8.31. The number of benzene rings is 1. The Kier molecular flexibility index (Phi) is 5.64. The van der Waals surface area contributed by atoms with Crippen LogP contribution in [0.1, 0.15) is 56.3 Å². The summed E-state index contributed by atoms with van der Waals surface area (Å²) in [6.07, 6.45) is 4.32. The molecule has 2 aliphatic heterocycles. The van der Waals surface area contributed by atoms with Gasteiger partial charge in [-0.3, -0.25) is 9.59 Å². The third-order valence-electron chi connectivity index (χ3n) is 5.78. The molecule has 2 heterocycles. The van der Waals surface area contributed by atoms with Crippen LogP contribution < -0.4 is 0 Å². The minimum atomic E-state index is -0.463. The highest BCUT2D eigenvalue weighted by Gasteiger charge is 2.42. The lowest BCUT2D eigenvalue weighted by atomic mass is 9.73. The van der Waals surface area contributed by atoms with Crippen LogP contribution in [-0.4, -0.2) is 47.8 Å². The molecule has 3 rings (SSSR count). The Labute approximate surface area is 155 Å². The second-order valence-corrected chi connectivity index (χ2v) is 8.31. The molecule has 0 saturated carbocycles. The van der Waals surface area contributed by atoms with Gasteiger partial charge in [0.15, 0.2) is 0 Å². The first-order chi connectivity index (χ1) is 12.4. The van der Waals surface area contributed by atoms with Crippen LogP contribution in [0.2, 0.25) is 0 Å². The van der Waals surface area contributed by atoms with Crippen molar-refractivity contribution in [2.75, 3.05) is 26.2 Å². The number of nitrogens with zero attached hydrogens (tertiary/aromatic N) is 2. The Morgan fingerprint density at radius 2 is 2.00 bits per heavy atom. The smallest absolute Gasteiger partial charge is 0.256 e. The zero-order valence-corrected chi connectivity index (χ0v) is 15.8. The highest BCUT2D eigenvalue weighted by molar-refractivity contribution is 5.94. The monoisotopic (exact) mass is 360 g/mol. The van der Waals surface area contributed by atoms with E-state index in [0.29, 0.717) is 25.4 Å². The maximum Gasteiger partial charge on any atom is 0.256 e. The predicted molar refractivity (Wildman–Crippen MR) is 99.2 cm³/mol. The maximum absolute atomic E-state index is 14.0. The summed E-state index contributed by atoms with van der Waals surface area (Å²) in [5.74, 6) is 0.0994. The largest absolute Gasteiger partial charge is 0.342 e. The van der Waals surface area contributed by atoms with Crippen molar-refractivity contribution in [1.29, 1.82) is 0 Å². The molecule has 5 heteroatoms. The molecular weight excluding hydrogens is 331 g/mol. The zero-order chi connectivity index (χ0) is 18.7. The molecule has 1 aromatic rings. The van der Waals surface area contributed by atoms with E-state index in [1.165, 1.54) is 6.07 Å². The normalized spacial score (nSPS) is 23.8. The SMILES string of the molecule is CC(C)CCN1CC2(CCCN(C(=O)c3ccccc3F)C2)CCC1=O. The van der Waals surface area contributed by atoms with E-state index >= 15 is 0 Å². The van der Waals surface area contributed by atoms with Crippen LogP contribution in [0.5, 0.6) is 0 Å². The number of amides is 2. The molecule has 0 bridgehead atoms. The summed E-state index contributed by atoms with van der Waals surface area (Å²) >= 11 is 0. The fraction of sp³-hybridized carbons (Fsp3) is 0.619. The lowest BCUT2D eigenvalue weighted by Gasteiger charge is -2.48. The summed E-state index contributed by atoms with van der Waals surface area (Å²) in [4.78, 5) is 28.9. The van der Waals surface area contributed by atoms with Gasteiger partial charge in [-0.25, -0.2) is 4.39 Å². The minimum absolute atomic E-state index is 0.0376.